The Bertz CT molecular complexity index is 538. The zero-order chi connectivity index (χ0) is 17.2. The minimum Gasteiger partial charge on any atom is -0.355 e. The zero-order valence-corrected chi connectivity index (χ0v) is 17.5. The summed E-state index contributed by atoms with van der Waals surface area (Å²) in [6, 6.07) is 9.83. The molecule has 1 aliphatic heterocycles. The first-order chi connectivity index (χ1) is 11.7. The van der Waals surface area contributed by atoms with E-state index in [1.54, 1.807) is 7.05 Å². The van der Waals surface area contributed by atoms with Gasteiger partial charge in [-0.3, -0.25) is 14.7 Å². The van der Waals surface area contributed by atoms with Gasteiger partial charge in [0.1, 0.15) is 0 Å². The Hall–Kier alpha value is -1.35. The van der Waals surface area contributed by atoms with Crippen molar-refractivity contribution in [2.45, 2.75) is 25.8 Å². The lowest BCUT2D eigenvalue weighted by Gasteiger charge is -2.24. The molecule has 1 amide bonds. The van der Waals surface area contributed by atoms with Crippen molar-refractivity contribution in [2.24, 2.45) is 4.99 Å². The second-order valence-corrected chi connectivity index (χ2v) is 5.93. The SMILES string of the molecule is CCN1CCCC1CNC(=NC)NCCNC(=O)c1ccccc1.I. The first kappa shape index (κ1) is 21.7. The van der Waals surface area contributed by atoms with Crippen molar-refractivity contribution < 1.29 is 4.79 Å². The van der Waals surface area contributed by atoms with Gasteiger partial charge in [0.15, 0.2) is 5.96 Å². The molecule has 7 heteroatoms. The predicted octanol–water partition coefficient (Wildman–Crippen LogP) is 1.68. The molecule has 1 atom stereocenters. The fraction of sp³-hybridized carbons (Fsp3) is 0.556. The third kappa shape index (κ3) is 7.19. The highest BCUT2D eigenvalue weighted by molar-refractivity contribution is 14.0. The second-order valence-electron chi connectivity index (χ2n) is 5.93. The maximum atomic E-state index is 11.9. The minimum atomic E-state index is -0.0510. The number of carbonyl (C=O) groups is 1. The number of benzene rings is 1. The summed E-state index contributed by atoms with van der Waals surface area (Å²) in [7, 11) is 1.77. The Morgan fingerprint density at radius 1 is 1.20 bits per heavy atom. The van der Waals surface area contributed by atoms with E-state index in [1.165, 1.54) is 19.4 Å². The lowest BCUT2D eigenvalue weighted by atomic mass is 10.2. The van der Waals surface area contributed by atoms with Crippen molar-refractivity contribution in [3.63, 3.8) is 0 Å². The number of likely N-dealkylation sites (tertiary alicyclic amines) is 1. The molecule has 1 aromatic carbocycles. The molecule has 25 heavy (non-hydrogen) atoms. The van der Waals surface area contributed by atoms with Gasteiger partial charge in [-0.25, -0.2) is 0 Å². The largest absolute Gasteiger partial charge is 0.355 e. The van der Waals surface area contributed by atoms with Gasteiger partial charge in [-0.05, 0) is 38.1 Å². The van der Waals surface area contributed by atoms with Crippen molar-refractivity contribution in [2.75, 3.05) is 39.8 Å². The van der Waals surface area contributed by atoms with E-state index in [-0.39, 0.29) is 29.9 Å². The number of halogens is 1. The Kier molecular flexibility index (Phi) is 10.5. The topological polar surface area (TPSA) is 68.8 Å². The fourth-order valence-electron chi connectivity index (χ4n) is 3.03. The summed E-state index contributed by atoms with van der Waals surface area (Å²) in [5.41, 5.74) is 0.681. The molecular formula is C18H30IN5O. The quantitative estimate of drug-likeness (QED) is 0.251. The van der Waals surface area contributed by atoms with Crippen LogP contribution in [0.1, 0.15) is 30.1 Å². The number of likely N-dealkylation sites (N-methyl/N-ethyl adjacent to an activating group) is 1. The van der Waals surface area contributed by atoms with E-state index in [2.05, 4.69) is 32.8 Å². The highest BCUT2D eigenvalue weighted by Crippen LogP contribution is 2.15. The van der Waals surface area contributed by atoms with Gasteiger partial charge in [-0.1, -0.05) is 25.1 Å². The van der Waals surface area contributed by atoms with Crippen LogP contribution in [0.4, 0.5) is 0 Å². The average Bonchev–Trinajstić information content (AvgIpc) is 3.09. The van der Waals surface area contributed by atoms with Crippen LogP contribution < -0.4 is 16.0 Å². The van der Waals surface area contributed by atoms with Gasteiger partial charge in [0, 0.05) is 38.3 Å². The van der Waals surface area contributed by atoms with Gasteiger partial charge in [-0.2, -0.15) is 0 Å². The van der Waals surface area contributed by atoms with Crippen LogP contribution in [0.5, 0.6) is 0 Å². The molecule has 1 heterocycles. The number of aliphatic imine (C=N–C) groups is 1. The number of rotatable bonds is 7. The van der Waals surface area contributed by atoms with Gasteiger partial charge in [0.2, 0.25) is 0 Å². The van der Waals surface area contributed by atoms with Gasteiger partial charge >= 0.3 is 0 Å². The van der Waals surface area contributed by atoms with Gasteiger partial charge < -0.3 is 16.0 Å². The lowest BCUT2D eigenvalue weighted by Crippen LogP contribution is -2.46. The van der Waals surface area contributed by atoms with E-state index < -0.39 is 0 Å². The molecule has 140 valence electrons. The normalized spacial score (nSPS) is 17.7. The van der Waals surface area contributed by atoms with Crippen LogP contribution in [0.15, 0.2) is 35.3 Å². The van der Waals surface area contributed by atoms with Crippen LogP contribution in [0, 0.1) is 0 Å². The standard InChI is InChI=1S/C18H29N5O.HI/c1-3-23-13-7-10-16(23)14-22-18(19-2)21-12-11-20-17(24)15-8-5-4-6-9-15;/h4-6,8-9,16H,3,7,10-14H2,1-2H3,(H,20,24)(H2,19,21,22);1H. The molecule has 0 aromatic heterocycles. The molecule has 1 saturated heterocycles. The number of nitrogens with one attached hydrogen (secondary N) is 3. The molecule has 1 aliphatic rings. The number of carbonyl (C=O) groups excluding carboxylic acids is 1. The maximum absolute atomic E-state index is 11.9. The fourth-order valence-corrected chi connectivity index (χ4v) is 3.03. The highest BCUT2D eigenvalue weighted by Gasteiger charge is 2.22. The van der Waals surface area contributed by atoms with E-state index >= 15 is 0 Å². The molecule has 0 saturated carbocycles. The van der Waals surface area contributed by atoms with E-state index in [4.69, 9.17) is 0 Å². The van der Waals surface area contributed by atoms with E-state index in [1.807, 2.05) is 30.3 Å². The molecule has 0 spiro atoms. The number of guanidine groups is 1. The van der Waals surface area contributed by atoms with E-state index in [0.717, 1.165) is 19.0 Å². The Balaban J connectivity index is 0.00000312. The highest BCUT2D eigenvalue weighted by atomic mass is 127. The first-order valence-corrected chi connectivity index (χ1v) is 8.76. The Morgan fingerprint density at radius 2 is 1.92 bits per heavy atom. The monoisotopic (exact) mass is 459 g/mol. The molecule has 1 unspecified atom stereocenters. The van der Waals surface area contributed by atoms with Crippen molar-refractivity contribution in [1.82, 2.24) is 20.9 Å². The molecule has 1 fully saturated rings. The molecular weight excluding hydrogens is 429 g/mol. The second kappa shape index (κ2) is 12.1. The minimum absolute atomic E-state index is 0. The summed E-state index contributed by atoms with van der Waals surface area (Å²) >= 11 is 0. The summed E-state index contributed by atoms with van der Waals surface area (Å²) < 4.78 is 0. The number of hydrogen-bond acceptors (Lipinski definition) is 3. The molecule has 6 nitrogen and oxygen atoms in total. The molecule has 0 aliphatic carbocycles. The third-order valence-electron chi connectivity index (χ3n) is 4.37. The van der Waals surface area contributed by atoms with Crippen LogP contribution in [0.2, 0.25) is 0 Å². The van der Waals surface area contributed by atoms with Crippen LogP contribution >= 0.6 is 24.0 Å². The Labute approximate surface area is 167 Å². The smallest absolute Gasteiger partial charge is 0.251 e. The van der Waals surface area contributed by atoms with Gasteiger partial charge in [-0.15, -0.1) is 24.0 Å². The van der Waals surface area contributed by atoms with Crippen molar-refractivity contribution in [3.8, 4) is 0 Å². The van der Waals surface area contributed by atoms with Crippen LogP contribution in [0.25, 0.3) is 0 Å². The lowest BCUT2D eigenvalue weighted by molar-refractivity contribution is 0.0954. The van der Waals surface area contributed by atoms with Crippen molar-refractivity contribution in [1.29, 1.82) is 0 Å². The van der Waals surface area contributed by atoms with Crippen LogP contribution in [0.3, 0.4) is 0 Å². The van der Waals surface area contributed by atoms with Crippen molar-refractivity contribution in [3.05, 3.63) is 35.9 Å². The molecule has 1 aromatic rings. The number of amides is 1. The van der Waals surface area contributed by atoms with Gasteiger partial charge in [0.25, 0.3) is 5.91 Å². The summed E-state index contributed by atoms with van der Waals surface area (Å²) in [6.07, 6.45) is 2.52. The molecule has 0 bridgehead atoms. The summed E-state index contributed by atoms with van der Waals surface area (Å²) in [5, 5.41) is 9.52. The number of hydrogen-bond donors (Lipinski definition) is 3. The van der Waals surface area contributed by atoms with Crippen LogP contribution in [-0.2, 0) is 0 Å². The number of nitrogens with zero attached hydrogens (tertiary/aromatic N) is 2. The summed E-state index contributed by atoms with van der Waals surface area (Å²) in [6.45, 7) is 6.61. The molecule has 3 N–H and O–H groups in total. The Morgan fingerprint density at radius 3 is 2.60 bits per heavy atom. The van der Waals surface area contributed by atoms with Crippen LogP contribution in [-0.4, -0.2) is 62.6 Å². The predicted molar refractivity (Wildman–Crippen MR) is 114 cm³/mol. The third-order valence-corrected chi connectivity index (χ3v) is 4.37. The first-order valence-electron chi connectivity index (χ1n) is 8.76. The van der Waals surface area contributed by atoms with Crippen molar-refractivity contribution >= 4 is 35.8 Å². The average molecular weight is 459 g/mol. The maximum Gasteiger partial charge on any atom is 0.251 e. The van der Waals surface area contributed by atoms with Gasteiger partial charge in [0.05, 0.1) is 0 Å². The summed E-state index contributed by atoms with van der Waals surface area (Å²) in [4.78, 5) is 18.7. The van der Waals surface area contributed by atoms with E-state index in [9.17, 15) is 4.79 Å². The summed E-state index contributed by atoms with van der Waals surface area (Å²) in [5.74, 6) is 0.733. The van der Waals surface area contributed by atoms with E-state index in [0.29, 0.717) is 24.7 Å². The molecule has 0 radical (unpaired) electrons. The molecule has 2 rings (SSSR count). The zero-order valence-electron chi connectivity index (χ0n) is 15.1.